The summed E-state index contributed by atoms with van der Waals surface area (Å²) < 4.78 is 2.10. The van der Waals surface area contributed by atoms with Crippen molar-refractivity contribution in [1.29, 1.82) is 0 Å². The van der Waals surface area contributed by atoms with Gasteiger partial charge in [-0.3, -0.25) is 14.7 Å². The summed E-state index contributed by atoms with van der Waals surface area (Å²) in [6.45, 7) is 4.93. The van der Waals surface area contributed by atoms with Crippen molar-refractivity contribution in [2.75, 3.05) is 26.2 Å². The molecule has 0 bridgehead atoms. The molecule has 6 heteroatoms. The van der Waals surface area contributed by atoms with Crippen molar-refractivity contribution >= 4 is 5.91 Å². The molecule has 26 heavy (non-hydrogen) atoms. The molecule has 2 aliphatic rings. The highest BCUT2D eigenvalue weighted by molar-refractivity contribution is 5.79. The lowest BCUT2D eigenvalue weighted by Crippen LogP contribution is -2.42. The summed E-state index contributed by atoms with van der Waals surface area (Å²) in [5.41, 5.74) is 1.33. The maximum absolute atomic E-state index is 12.6. The van der Waals surface area contributed by atoms with E-state index >= 15 is 0 Å². The van der Waals surface area contributed by atoms with Crippen LogP contribution in [0, 0.1) is 5.41 Å². The summed E-state index contributed by atoms with van der Waals surface area (Å²) in [4.78, 5) is 25.7. The molecule has 1 spiro atoms. The van der Waals surface area contributed by atoms with Crippen molar-refractivity contribution in [3.8, 4) is 0 Å². The molecule has 0 aliphatic carbocycles. The number of carbonyl (C=O) groups is 1. The first-order valence-electron chi connectivity index (χ1n) is 9.49. The molecule has 0 aromatic carbocycles. The molecule has 2 saturated heterocycles. The van der Waals surface area contributed by atoms with Crippen molar-refractivity contribution in [1.82, 2.24) is 24.3 Å². The van der Waals surface area contributed by atoms with Gasteiger partial charge in [-0.2, -0.15) is 0 Å². The topological polar surface area (TPSA) is 54.3 Å². The Kier molecular flexibility index (Phi) is 4.76. The van der Waals surface area contributed by atoms with Gasteiger partial charge < -0.3 is 9.47 Å². The Hall–Kier alpha value is -2.21. The van der Waals surface area contributed by atoms with Gasteiger partial charge in [-0.15, -0.1) is 0 Å². The third kappa shape index (κ3) is 3.65. The maximum Gasteiger partial charge on any atom is 0.227 e. The van der Waals surface area contributed by atoms with Gasteiger partial charge in [0.05, 0.1) is 13.0 Å². The summed E-state index contributed by atoms with van der Waals surface area (Å²) in [7, 11) is 2.05. The molecule has 4 rings (SSSR count). The zero-order chi connectivity index (χ0) is 18.0. The van der Waals surface area contributed by atoms with Crippen molar-refractivity contribution in [2.45, 2.75) is 32.2 Å². The van der Waals surface area contributed by atoms with E-state index in [4.69, 9.17) is 0 Å². The number of aryl methyl sites for hydroxylation is 1. The minimum Gasteiger partial charge on any atom is -0.342 e. The van der Waals surface area contributed by atoms with Crippen LogP contribution in [0.3, 0.4) is 0 Å². The number of carbonyl (C=O) groups excluding carboxylic acids is 1. The maximum atomic E-state index is 12.6. The molecule has 0 saturated carbocycles. The van der Waals surface area contributed by atoms with Crippen LogP contribution in [0.2, 0.25) is 0 Å². The first-order chi connectivity index (χ1) is 12.6. The highest BCUT2D eigenvalue weighted by Gasteiger charge is 2.41. The molecule has 1 amide bonds. The monoisotopic (exact) mass is 353 g/mol. The minimum atomic E-state index is 0.241. The first kappa shape index (κ1) is 17.2. The average Bonchev–Trinajstić information content (AvgIpc) is 3.25. The number of nitrogens with zero attached hydrogens (tertiary/aromatic N) is 5. The zero-order valence-corrected chi connectivity index (χ0v) is 15.5. The number of pyridine rings is 1. The van der Waals surface area contributed by atoms with Crippen LogP contribution in [0.15, 0.2) is 36.9 Å². The van der Waals surface area contributed by atoms with Gasteiger partial charge in [0, 0.05) is 44.9 Å². The van der Waals surface area contributed by atoms with Gasteiger partial charge in [0.1, 0.15) is 5.82 Å². The number of aromatic nitrogens is 3. The quantitative estimate of drug-likeness (QED) is 0.842. The van der Waals surface area contributed by atoms with Crippen molar-refractivity contribution in [2.24, 2.45) is 12.5 Å². The number of piperidine rings is 1. The van der Waals surface area contributed by atoms with Crippen molar-refractivity contribution in [3.63, 3.8) is 0 Å². The Bertz CT molecular complexity index is 749. The lowest BCUT2D eigenvalue weighted by atomic mass is 9.78. The van der Waals surface area contributed by atoms with E-state index in [-0.39, 0.29) is 5.91 Å². The van der Waals surface area contributed by atoms with Crippen LogP contribution in [0.5, 0.6) is 0 Å². The second kappa shape index (κ2) is 7.19. The molecule has 2 aromatic heterocycles. The van der Waals surface area contributed by atoms with Gasteiger partial charge in [-0.05, 0) is 49.4 Å². The summed E-state index contributed by atoms with van der Waals surface area (Å²) in [6, 6.07) is 3.87. The SMILES string of the molecule is Cn1ccnc1CN1CCC2(CC1)CCN(C(=O)Cc1cccnc1)C2. The third-order valence-corrected chi connectivity index (χ3v) is 6.07. The molecule has 0 N–H and O–H groups in total. The second-order valence-corrected chi connectivity index (χ2v) is 7.83. The molecule has 0 unspecified atom stereocenters. The molecule has 6 nitrogen and oxygen atoms in total. The van der Waals surface area contributed by atoms with Gasteiger partial charge >= 0.3 is 0 Å². The lowest BCUT2D eigenvalue weighted by Gasteiger charge is -2.39. The van der Waals surface area contributed by atoms with Crippen LogP contribution in [0.25, 0.3) is 0 Å². The fourth-order valence-electron chi connectivity index (χ4n) is 4.28. The number of hydrogen-bond donors (Lipinski definition) is 0. The Labute approximate surface area is 154 Å². The van der Waals surface area contributed by atoms with E-state index in [2.05, 4.69) is 31.4 Å². The first-order valence-corrected chi connectivity index (χ1v) is 9.49. The molecule has 2 aromatic rings. The van der Waals surface area contributed by atoms with Gasteiger partial charge in [0.25, 0.3) is 0 Å². The Balaban J connectivity index is 1.30. The van der Waals surface area contributed by atoms with E-state index in [1.54, 1.807) is 12.4 Å². The highest BCUT2D eigenvalue weighted by Crippen LogP contribution is 2.40. The van der Waals surface area contributed by atoms with Crippen LogP contribution >= 0.6 is 0 Å². The molecule has 4 heterocycles. The summed E-state index contributed by atoms with van der Waals surface area (Å²) in [5, 5.41) is 0. The fraction of sp³-hybridized carbons (Fsp3) is 0.550. The number of rotatable bonds is 4. The predicted octanol–water partition coefficient (Wildman–Crippen LogP) is 1.87. The summed E-state index contributed by atoms with van der Waals surface area (Å²) in [5.74, 6) is 1.37. The average molecular weight is 353 g/mol. The number of amides is 1. The van der Waals surface area contributed by atoms with Gasteiger partial charge in [0.2, 0.25) is 5.91 Å². The molecular weight excluding hydrogens is 326 g/mol. The Morgan fingerprint density at radius 2 is 2.00 bits per heavy atom. The fourth-order valence-corrected chi connectivity index (χ4v) is 4.28. The molecular formula is C20H27N5O. The Morgan fingerprint density at radius 1 is 1.19 bits per heavy atom. The van der Waals surface area contributed by atoms with Gasteiger partial charge in [0.15, 0.2) is 0 Å². The van der Waals surface area contributed by atoms with Crippen LogP contribution in [0.1, 0.15) is 30.7 Å². The van der Waals surface area contributed by atoms with E-state index in [1.807, 2.05) is 24.5 Å². The van der Waals surface area contributed by atoms with Crippen molar-refractivity contribution in [3.05, 3.63) is 48.3 Å². The van der Waals surface area contributed by atoms with Crippen molar-refractivity contribution < 1.29 is 4.79 Å². The summed E-state index contributed by atoms with van der Waals surface area (Å²) >= 11 is 0. The highest BCUT2D eigenvalue weighted by atomic mass is 16.2. The van der Waals surface area contributed by atoms with Gasteiger partial charge in [-0.25, -0.2) is 4.98 Å². The number of hydrogen-bond acceptors (Lipinski definition) is 4. The van der Waals surface area contributed by atoms with Crippen LogP contribution in [0.4, 0.5) is 0 Å². The number of likely N-dealkylation sites (tertiary alicyclic amines) is 2. The third-order valence-electron chi connectivity index (χ3n) is 6.07. The van der Waals surface area contributed by atoms with E-state index in [1.165, 1.54) is 12.8 Å². The molecule has 0 atom stereocenters. The molecule has 2 fully saturated rings. The van der Waals surface area contributed by atoms with E-state index in [9.17, 15) is 4.79 Å². The standard InChI is InChI=1S/C20H27N5O/c1-23-12-8-22-18(23)15-24-9-4-20(5-10-24)6-11-25(16-20)19(26)13-17-3-2-7-21-14-17/h2-3,7-8,12,14H,4-6,9-11,13,15-16H2,1H3. The zero-order valence-electron chi connectivity index (χ0n) is 15.5. The molecule has 2 aliphatic heterocycles. The van der Waals surface area contributed by atoms with Crippen LogP contribution < -0.4 is 0 Å². The van der Waals surface area contributed by atoms with E-state index in [0.29, 0.717) is 11.8 Å². The van der Waals surface area contributed by atoms with Crippen LogP contribution in [-0.2, 0) is 24.8 Å². The molecule has 138 valence electrons. The number of imidazole rings is 1. The van der Waals surface area contributed by atoms with E-state index in [0.717, 1.165) is 50.5 Å². The predicted molar refractivity (Wildman–Crippen MR) is 99.3 cm³/mol. The van der Waals surface area contributed by atoms with E-state index < -0.39 is 0 Å². The second-order valence-electron chi connectivity index (χ2n) is 7.83. The van der Waals surface area contributed by atoms with Gasteiger partial charge in [-0.1, -0.05) is 6.07 Å². The van der Waals surface area contributed by atoms with Crippen LogP contribution in [-0.4, -0.2) is 56.4 Å². The largest absolute Gasteiger partial charge is 0.342 e. The smallest absolute Gasteiger partial charge is 0.227 e. The normalized spacial score (nSPS) is 20.0. The molecule has 0 radical (unpaired) electrons. The minimum absolute atomic E-state index is 0.241. The summed E-state index contributed by atoms with van der Waals surface area (Å²) in [6.07, 6.45) is 11.4. The lowest BCUT2D eigenvalue weighted by molar-refractivity contribution is -0.130. The Morgan fingerprint density at radius 3 is 2.69 bits per heavy atom.